The van der Waals surface area contributed by atoms with Crippen LogP contribution in [0.15, 0.2) is 12.4 Å². The van der Waals surface area contributed by atoms with Crippen molar-refractivity contribution in [2.75, 3.05) is 0 Å². The monoisotopic (exact) mass is 324 g/mol. The molecule has 1 unspecified atom stereocenters. The molecule has 3 N–H and O–H groups in total. The fourth-order valence-electron chi connectivity index (χ4n) is 2.97. The van der Waals surface area contributed by atoms with Gasteiger partial charge in [-0.1, -0.05) is 71.1 Å². The number of unbranched alkanes of at least 4 members (excludes halogenated alkanes) is 9. The second-order valence-electron chi connectivity index (χ2n) is 6.47. The van der Waals surface area contributed by atoms with Crippen LogP contribution in [0.2, 0.25) is 0 Å². The maximum Gasteiger partial charge on any atom is 0.306 e. The zero-order valence-corrected chi connectivity index (χ0v) is 14.4. The molecule has 0 radical (unpaired) electrons. The van der Waals surface area contributed by atoms with Gasteiger partial charge in [-0.25, -0.2) is 4.98 Å². The molecule has 1 atom stereocenters. The Morgan fingerprint density at radius 2 is 1.65 bits per heavy atom. The standard InChI is InChI=1S/C18H32N2O3/c1-2-3-4-5-6-7-8-9-10-11-12-18(23,15-16(21)22)17-19-13-14-20-17/h13-14,23H,2-12,15H2,1H3,(H,19,20)(H,21,22). The van der Waals surface area contributed by atoms with Gasteiger partial charge < -0.3 is 15.2 Å². The van der Waals surface area contributed by atoms with Crippen molar-refractivity contribution >= 4 is 5.97 Å². The van der Waals surface area contributed by atoms with Gasteiger partial charge in [0.25, 0.3) is 0 Å². The van der Waals surface area contributed by atoms with Crippen molar-refractivity contribution in [2.24, 2.45) is 0 Å². The highest BCUT2D eigenvalue weighted by Crippen LogP contribution is 2.28. The lowest BCUT2D eigenvalue weighted by atomic mass is 9.91. The predicted octanol–water partition coefficient (Wildman–Crippen LogP) is 4.38. The zero-order valence-electron chi connectivity index (χ0n) is 14.4. The number of hydrogen-bond donors (Lipinski definition) is 3. The van der Waals surface area contributed by atoms with Crippen molar-refractivity contribution in [2.45, 2.75) is 89.6 Å². The molecular formula is C18H32N2O3. The van der Waals surface area contributed by atoms with E-state index in [0.29, 0.717) is 12.2 Å². The van der Waals surface area contributed by atoms with Crippen molar-refractivity contribution in [1.82, 2.24) is 9.97 Å². The van der Waals surface area contributed by atoms with Crippen LogP contribution in [0.5, 0.6) is 0 Å². The van der Waals surface area contributed by atoms with Gasteiger partial charge in [0.05, 0.1) is 6.42 Å². The molecular weight excluding hydrogens is 292 g/mol. The van der Waals surface area contributed by atoms with Crippen LogP contribution < -0.4 is 0 Å². The molecule has 0 saturated carbocycles. The van der Waals surface area contributed by atoms with E-state index in [1.807, 2.05) is 0 Å². The lowest BCUT2D eigenvalue weighted by molar-refractivity contribution is -0.143. The number of nitrogens with one attached hydrogen (secondary N) is 1. The van der Waals surface area contributed by atoms with E-state index in [0.717, 1.165) is 19.3 Å². The van der Waals surface area contributed by atoms with Gasteiger partial charge in [0.15, 0.2) is 0 Å². The largest absolute Gasteiger partial charge is 0.481 e. The number of carboxylic acids is 1. The van der Waals surface area contributed by atoms with Crippen LogP contribution in [-0.4, -0.2) is 26.2 Å². The number of nitrogens with zero attached hydrogens (tertiary/aromatic N) is 1. The highest BCUT2D eigenvalue weighted by atomic mass is 16.4. The molecule has 0 amide bonds. The minimum Gasteiger partial charge on any atom is -0.481 e. The lowest BCUT2D eigenvalue weighted by Crippen LogP contribution is -2.30. The van der Waals surface area contributed by atoms with Crippen molar-refractivity contribution in [1.29, 1.82) is 0 Å². The van der Waals surface area contributed by atoms with Crippen molar-refractivity contribution < 1.29 is 15.0 Å². The third-order valence-corrected chi connectivity index (χ3v) is 4.33. The molecule has 0 bridgehead atoms. The highest BCUT2D eigenvalue weighted by molar-refractivity contribution is 5.68. The van der Waals surface area contributed by atoms with Gasteiger partial charge in [-0.15, -0.1) is 0 Å². The molecule has 0 aromatic carbocycles. The Labute approximate surface area is 139 Å². The van der Waals surface area contributed by atoms with Gasteiger partial charge >= 0.3 is 5.97 Å². The summed E-state index contributed by atoms with van der Waals surface area (Å²) in [4.78, 5) is 17.9. The second-order valence-corrected chi connectivity index (χ2v) is 6.47. The van der Waals surface area contributed by atoms with Gasteiger partial charge in [0.1, 0.15) is 11.4 Å². The minimum absolute atomic E-state index is 0.308. The number of imidazole rings is 1. The number of aromatic nitrogens is 2. The first-order valence-corrected chi connectivity index (χ1v) is 9.02. The van der Waals surface area contributed by atoms with Gasteiger partial charge in [0, 0.05) is 12.4 Å². The predicted molar refractivity (Wildman–Crippen MR) is 91.2 cm³/mol. The summed E-state index contributed by atoms with van der Waals surface area (Å²) in [5.41, 5.74) is -1.38. The van der Waals surface area contributed by atoms with Crippen LogP contribution in [0.3, 0.4) is 0 Å². The highest BCUT2D eigenvalue weighted by Gasteiger charge is 2.34. The molecule has 0 saturated heterocycles. The first-order valence-electron chi connectivity index (χ1n) is 9.02. The topological polar surface area (TPSA) is 86.2 Å². The summed E-state index contributed by atoms with van der Waals surface area (Å²) in [5, 5.41) is 19.6. The number of aliphatic hydroxyl groups is 1. The molecule has 1 heterocycles. The van der Waals surface area contributed by atoms with Crippen LogP contribution in [0, 0.1) is 0 Å². The molecule has 1 aromatic rings. The van der Waals surface area contributed by atoms with Crippen LogP contribution in [-0.2, 0) is 10.4 Å². The third kappa shape index (κ3) is 8.16. The molecule has 23 heavy (non-hydrogen) atoms. The summed E-state index contributed by atoms with van der Waals surface area (Å²) in [6.07, 6.45) is 15.4. The SMILES string of the molecule is CCCCCCCCCCCCC(O)(CC(=O)O)c1ncc[nH]1. The Morgan fingerprint density at radius 3 is 2.13 bits per heavy atom. The molecule has 1 aromatic heterocycles. The third-order valence-electron chi connectivity index (χ3n) is 4.33. The average Bonchev–Trinajstić information content (AvgIpc) is 3.03. The molecule has 5 heteroatoms. The molecule has 0 spiro atoms. The normalized spacial score (nSPS) is 13.8. The van der Waals surface area contributed by atoms with Gasteiger partial charge in [-0.2, -0.15) is 0 Å². The Balaban J connectivity index is 2.17. The number of H-pyrrole nitrogens is 1. The van der Waals surface area contributed by atoms with E-state index in [2.05, 4.69) is 16.9 Å². The van der Waals surface area contributed by atoms with Crippen molar-refractivity contribution in [3.05, 3.63) is 18.2 Å². The molecule has 5 nitrogen and oxygen atoms in total. The number of rotatable bonds is 14. The summed E-state index contributed by atoms with van der Waals surface area (Å²) < 4.78 is 0. The van der Waals surface area contributed by atoms with E-state index in [1.54, 1.807) is 12.4 Å². The number of aliphatic carboxylic acids is 1. The molecule has 1 rings (SSSR count). The van der Waals surface area contributed by atoms with E-state index >= 15 is 0 Å². The van der Waals surface area contributed by atoms with Gasteiger partial charge in [0.2, 0.25) is 0 Å². The van der Waals surface area contributed by atoms with Crippen molar-refractivity contribution in [3.8, 4) is 0 Å². The van der Waals surface area contributed by atoms with Crippen LogP contribution >= 0.6 is 0 Å². The van der Waals surface area contributed by atoms with E-state index in [9.17, 15) is 9.90 Å². The van der Waals surface area contributed by atoms with E-state index in [4.69, 9.17) is 5.11 Å². The summed E-state index contributed by atoms with van der Waals surface area (Å²) in [5.74, 6) is -0.646. The maximum atomic E-state index is 11.0. The summed E-state index contributed by atoms with van der Waals surface area (Å²) in [6.45, 7) is 2.23. The Kier molecular flexibility index (Phi) is 9.60. The van der Waals surface area contributed by atoms with E-state index < -0.39 is 11.6 Å². The minimum atomic E-state index is -1.38. The van der Waals surface area contributed by atoms with Crippen LogP contribution in [0.25, 0.3) is 0 Å². The molecule has 132 valence electrons. The Morgan fingerprint density at radius 1 is 1.09 bits per heavy atom. The van der Waals surface area contributed by atoms with Crippen molar-refractivity contribution in [3.63, 3.8) is 0 Å². The molecule has 0 aliphatic heterocycles. The fraction of sp³-hybridized carbons (Fsp3) is 0.778. The van der Waals surface area contributed by atoms with E-state index in [-0.39, 0.29) is 6.42 Å². The number of carbonyl (C=O) groups is 1. The summed E-state index contributed by atoms with van der Waals surface area (Å²) in [6, 6.07) is 0. The average molecular weight is 324 g/mol. The molecule has 0 fully saturated rings. The molecule has 0 aliphatic carbocycles. The summed E-state index contributed by atoms with van der Waals surface area (Å²) in [7, 11) is 0. The van der Waals surface area contributed by atoms with Crippen LogP contribution in [0.4, 0.5) is 0 Å². The number of hydrogen-bond acceptors (Lipinski definition) is 3. The second kappa shape index (κ2) is 11.2. The van der Waals surface area contributed by atoms with Gasteiger partial charge in [-0.3, -0.25) is 4.79 Å². The first-order chi connectivity index (χ1) is 11.1. The number of aromatic amines is 1. The molecule has 0 aliphatic rings. The first kappa shape index (κ1) is 19.7. The Hall–Kier alpha value is -1.36. The smallest absolute Gasteiger partial charge is 0.306 e. The quantitative estimate of drug-likeness (QED) is 0.443. The van der Waals surface area contributed by atoms with E-state index in [1.165, 1.54) is 44.9 Å². The maximum absolute atomic E-state index is 11.0. The van der Waals surface area contributed by atoms with Crippen LogP contribution in [0.1, 0.15) is 89.8 Å². The summed E-state index contributed by atoms with van der Waals surface area (Å²) >= 11 is 0. The zero-order chi connectivity index (χ0) is 17.0. The van der Waals surface area contributed by atoms with Gasteiger partial charge in [-0.05, 0) is 6.42 Å². The number of carboxylic acid groups (broad SMARTS) is 1. The Bertz CT molecular complexity index is 420. The lowest BCUT2D eigenvalue weighted by Gasteiger charge is -2.24. The fourth-order valence-corrected chi connectivity index (χ4v) is 2.97.